The van der Waals surface area contributed by atoms with Crippen LogP contribution >= 0.6 is 0 Å². The molecule has 0 aliphatic rings. The highest BCUT2D eigenvalue weighted by atomic mass is 16.1. The summed E-state index contributed by atoms with van der Waals surface area (Å²) >= 11 is 0. The van der Waals surface area contributed by atoms with Gasteiger partial charge in [0.15, 0.2) is 0 Å². The zero-order chi connectivity index (χ0) is 10.1. The van der Waals surface area contributed by atoms with Gasteiger partial charge in [0.2, 0.25) is 0 Å². The highest BCUT2D eigenvalue weighted by Crippen LogP contribution is 2.19. The molecular formula is C11H12N2O. The molecule has 2 rings (SSSR count). The van der Waals surface area contributed by atoms with Crippen molar-refractivity contribution in [2.75, 3.05) is 0 Å². The van der Waals surface area contributed by atoms with Gasteiger partial charge in [0.05, 0.1) is 11.1 Å². The number of aromatic nitrogens is 1. The van der Waals surface area contributed by atoms with Crippen LogP contribution in [0.25, 0.3) is 10.9 Å². The van der Waals surface area contributed by atoms with Crippen molar-refractivity contribution in [3.8, 4) is 0 Å². The number of nitrogens with zero attached hydrogens (tertiary/aromatic N) is 1. The molecule has 0 saturated carbocycles. The summed E-state index contributed by atoms with van der Waals surface area (Å²) in [7, 11) is 0. The lowest BCUT2D eigenvalue weighted by Gasteiger charge is -2.04. The maximum absolute atomic E-state index is 11.2. The number of primary amides is 1. The molecule has 3 heteroatoms. The van der Waals surface area contributed by atoms with E-state index in [-0.39, 0.29) is 5.91 Å². The van der Waals surface area contributed by atoms with Crippen molar-refractivity contribution in [3.05, 3.63) is 36.0 Å². The fourth-order valence-electron chi connectivity index (χ4n) is 1.72. The zero-order valence-corrected chi connectivity index (χ0v) is 8.03. The maximum atomic E-state index is 11.2. The van der Waals surface area contributed by atoms with Crippen molar-refractivity contribution < 1.29 is 4.79 Å². The highest BCUT2D eigenvalue weighted by Gasteiger charge is 2.09. The van der Waals surface area contributed by atoms with Crippen LogP contribution in [0.4, 0.5) is 0 Å². The van der Waals surface area contributed by atoms with Gasteiger partial charge in [-0.05, 0) is 19.1 Å². The van der Waals surface area contributed by atoms with Gasteiger partial charge in [-0.15, -0.1) is 0 Å². The first-order valence-corrected chi connectivity index (χ1v) is 4.61. The number of nitrogens with two attached hydrogens (primary N) is 1. The number of benzene rings is 1. The van der Waals surface area contributed by atoms with Gasteiger partial charge in [0.1, 0.15) is 0 Å². The van der Waals surface area contributed by atoms with Gasteiger partial charge in [-0.25, -0.2) is 0 Å². The molecule has 0 bridgehead atoms. The van der Waals surface area contributed by atoms with Gasteiger partial charge >= 0.3 is 0 Å². The van der Waals surface area contributed by atoms with Crippen molar-refractivity contribution in [3.63, 3.8) is 0 Å². The number of rotatable bonds is 2. The zero-order valence-electron chi connectivity index (χ0n) is 8.03. The number of carbonyl (C=O) groups is 1. The Morgan fingerprint density at radius 3 is 2.86 bits per heavy atom. The van der Waals surface area contributed by atoms with E-state index in [1.807, 2.05) is 35.9 Å². The van der Waals surface area contributed by atoms with E-state index < -0.39 is 0 Å². The van der Waals surface area contributed by atoms with E-state index in [4.69, 9.17) is 5.73 Å². The molecule has 1 heterocycles. The second-order valence-electron chi connectivity index (χ2n) is 3.21. The smallest absolute Gasteiger partial charge is 0.250 e. The van der Waals surface area contributed by atoms with Crippen molar-refractivity contribution in [2.45, 2.75) is 13.5 Å². The van der Waals surface area contributed by atoms with Gasteiger partial charge < -0.3 is 10.3 Å². The summed E-state index contributed by atoms with van der Waals surface area (Å²) < 4.78 is 2.02. The normalized spacial score (nSPS) is 10.6. The third-order valence-corrected chi connectivity index (χ3v) is 2.39. The van der Waals surface area contributed by atoms with Gasteiger partial charge in [-0.3, -0.25) is 4.79 Å². The topological polar surface area (TPSA) is 48.0 Å². The third kappa shape index (κ3) is 1.18. The van der Waals surface area contributed by atoms with E-state index in [2.05, 4.69) is 0 Å². The molecule has 2 aromatic rings. The quantitative estimate of drug-likeness (QED) is 0.767. The lowest BCUT2D eigenvalue weighted by Crippen LogP contribution is -2.12. The first kappa shape index (κ1) is 8.81. The molecule has 0 spiro atoms. The first-order valence-electron chi connectivity index (χ1n) is 4.61. The fourth-order valence-corrected chi connectivity index (χ4v) is 1.72. The first-order chi connectivity index (χ1) is 6.74. The summed E-state index contributed by atoms with van der Waals surface area (Å²) in [4.78, 5) is 11.2. The molecule has 3 nitrogen and oxygen atoms in total. The van der Waals surface area contributed by atoms with Crippen LogP contribution in [0, 0.1) is 0 Å². The number of para-hydroxylation sites is 1. The lowest BCUT2D eigenvalue weighted by atomic mass is 10.1. The SMILES string of the molecule is CCn1ccc2cccc(C(N)=O)c21. The van der Waals surface area contributed by atoms with E-state index in [9.17, 15) is 4.79 Å². The fraction of sp³-hybridized carbons (Fsp3) is 0.182. The number of hydrogen-bond acceptors (Lipinski definition) is 1. The van der Waals surface area contributed by atoms with Gasteiger partial charge in [-0.1, -0.05) is 12.1 Å². The van der Waals surface area contributed by atoms with Crippen LogP contribution in [0.15, 0.2) is 30.5 Å². The molecule has 2 N–H and O–H groups in total. The van der Waals surface area contributed by atoms with Crippen LogP contribution in [-0.4, -0.2) is 10.5 Å². The second kappa shape index (κ2) is 3.18. The minimum atomic E-state index is -0.371. The molecule has 0 aliphatic carbocycles. The number of hydrogen-bond donors (Lipinski definition) is 1. The van der Waals surface area contributed by atoms with E-state index in [1.165, 1.54) is 0 Å². The molecule has 1 amide bonds. The maximum Gasteiger partial charge on any atom is 0.250 e. The number of aryl methyl sites for hydroxylation is 1. The van der Waals surface area contributed by atoms with Crippen molar-refractivity contribution in [2.24, 2.45) is 5.73 Å². The Bertz CT molecular complexity index is 485. The molecule has 1 aromatic carbocycles. The van der Waals surface area contributed by atoms with Gasteiger partial charge in [-0.2, -0.15) is 0 Å². The number of carbonyl (C=O) groups excluding carboxylic acids is 1. The van der Waals surface area contributed by atoms with E-state index in [0.717, 1.165) is 17.4 Å². The molecule has 1 aromatic heterocycles. The molecular weight excluding hydrogens is 176 g/mol. The van der Waals surface area contributed by atoms with Crippen LogP contribution in [0.3, 0.4) is 0 Å². The molecule has 0 atom stereocenters. The van der Waals surface area contributed by atoms with E-state index >= 15 is 0 Å². The Labute approximate surface area is 82.1 Å². The molecule has 72 valence electrons. The molecule has 0 unspecified atom stereocenters. The minimum absolute atomic E-state index is 0.371. The largest absolute Gasteiger partial charge is 0.366 e. The summed E-state index contributed by atoms with van der Waals surface area (Å²) in [6, 6.07) is 7.58. The lowest BCUT2D eigenvalue weighted by molar-refractivity contribution is 0.100. The summed E-state index contributed by atoms with van der Waals surface area (Å²) in [5.41, 5.74) is 6.84. The Hall–Kier alpha value is -1.77. The van der Waals surface area contributed by atoms with Crippen LogP contribution < -0.4 is 5.73 Å². The Balaban J connectivity index is 2.81. The predicted octanol–water partition coefficient (Wildman–Crippen LogP) is 1.76. The molecule has 0 radical (unpaired) electrons. The monoisotopic (exact) mass is 188 g/mol. The summed E-state index contributed by atoms with van der Waals surface area (Å²) in [6.07, 6.45) is 1.97. The number of amides is 1. The molecule has 14 heavy (non-hydrogen) atoms. The standard InChI is InChI=1S/C11H12N2O/c1-2-13-7-6-8-4-3-5-9(10(8)13)11(12)14/h3-7H,2H2,1H3,(H2,12,14). The Morgan fingerprint density at radius 2 is 2.21 bits per heavy atom. The van der Waals surface area contributed by atoms with Gasteiger partial charge in [0.25, 0.3) is 5.91 Å². The third-order valence-electron chi connectivity index (χ3n) is 2.39. The molecule has 0 saturated heterocycles. The number of fused-ring (bicyclic) bond motifs is 1. The van der Waals surface area contributed by atoms with Crippen LogP contribution in [-0.2, 0) is 6.54 Å². The highest BCUT2D eigenvalue weighted by molar-refractivity contribution is 6.05. The summed E-state index contributed by atoms with van der Waals surface area (Å²) in [6.45, 7) is 2.88. The Morgan fingerprint density at radius 1 is 1.43 bits per heavy atom. The average Bonchev–Trinajstić information content (AvgIpc) is 2.59. The summed E-state index contributed by atoms with van der Waals surface area (Å²) in [5, 5.41) is 1.06. The van der Waals surface area contributed by atoms with Crippen LogP contribution in [0.1, 0.15) is 17.3 Å². The van der Waals surface area contributed by atoms with Crippen LogP contribution in [0.5, 0.6) is 0 Å². The summed E-state index contributed by atoms with van der Waals surface area (Å²) in [5.74, 6) is -0.371. The molecule has 0 fully saturated rings. The predicted molar refractivity (Wildman–Crippen MR) is 56.1 cm³/mol. The molecule has 0 aliphatic heterocycles. The van der Waals surface area contributed by atoms with Crippen molar-refractivity contribution in [1.82, 2.24) is 4.57 Å². The van der Waals surface area contributed by atoms with E-state index in [1.54, 1.807) is 6.07 Å². The average molecular weight is 188 g/mol. The second-order valence-corrected chi connectivity index (χ2v) is 3.21. The Kier molecular flexibility index (Phi) is 2.00. The van der Waals surface area contributed by atoms with Crippen molar-refractivity contribution in [1.29, 1.82) is 0 Å². The van der Waals surface area contributed by atoms with Crippen molar-refractivity contribution >= 4 is 16.8 Å². The minimum Gasteiger partial charge on any atom is -0.366 e. The van der Waals surface area contributed by atoms with Gasteiger partial charge in [0, 0.05) is 18.1 Å². The van der Waals surface area contributed by atoms with Crippen LogP contribution in [0.2, 0.25) is 0 Å². The van der Waals surface area contributed by atoms with E-state index in [0.29, 0.717) is 5.56 Å².